The van der Waals surface area contributed by atoms with E-state index in [0.717, 1.165) is 0 Å². The van der Waals surface area contributed by atoms with Crippen LogP contribution in [0.2, 0.25) is 0 Å². The van der Waals surface area contributed by atoms with Gasteiger partial charge in [-0.05, 0) is 0 Å². The van der Waals surface area contributed by atoms with Crippen LogP contribution in [0.5, 0.6) is 0 Å². The molecule has 0 aromatic carbocycles. The van der Waals surface area contributed by atoms with Gasteiger partial charge in [-0.2, -0.15) is 0 Å². The second kappa shape index (κ2) is 7.65. The maximum atomic E-state index is 11.4. The Bertz CT molecular complexity index is 320. The molecule has 1 N–H and O–H groups in total. The van der Waals surface area contributed by atoms with Gasteiger partial charge in [0, 0.05) is 23.8 Å². The largest absolute Gasteiger partial charge is 0.395 e. The van der Waals surface area contributed by atoms with Crippen LogP contribution < -0.4 is 0 Å². The van der Waals surface area contributed by atoms with Crippen molar-refractivity contribution in [1.82, 2.24) is 5.06 Å². The van der Waals surface area contributed by atoms with Crippen molar-refractivity contribution in [3.8, 4) is 0 Å². The molecule has 0 aliphatic carbocycles. The van der Waals surface area contributed by atoms with E-state index in [1.165, 1.54) is 21.6 Å². The molecule has 2 amide bonds. The van der Waals surface area contributed by atoms with Crippen molar-refractivity contribution >= 4 is 39.4 Å². The SMILES string of the molecule is CC(CO)SSCCC(=O)ON1C(=O)CCC1=O. The third-order valence-corrected chi connectivity index (χ3v) is 4.96. The highest BCUT2D eigenvalue weighted by atomic mass is 33.1. The molecule has 1 heterocycles. The molecule has 1 aliphatic heterocycles. The van der Waals surface area contributed by atoms with Gasteiger partial charge in [0.15, 0.2) is 0 Å². The molecule has 0 spiro atoms. The summed E-state index contributed by atoms with van der Waals surface area (Å²) in [5.41, 5.74) is 0. The Kier molecular flexibility index (Phi) is 6.51. The minimum absolute atomic E-state index is 0.0822. The second-order valence-corrected chi connectivity index (χ2v) is 6.63. The van der Waals surface area contributed by atoms with E-state index in [9.17, 15) is 14.4 Å². The first-order valence-electron chi connectivity index (χ1n) is 5.50. The van der Waals surface area contributed by atoms with Gasteiger partial charge in [0.1, 0.15) is 0 Å². The van der Waals surface area contributed by atoms with Gasteiger partial charge in [-0.15, -0.1) is 5.06 Å². The van der Waals surface area contributed by atoms with Gasteiger partial charge < -0.3 is 9.94 Å². The summed E-state index contributed by atoms with van der Waals surface area (Å²) >= 11 is 0. The predicted octanol–water partition coefficient (Wildman–Crippen LogP) is 0.746. The van der Waals surface area contributed by atoms with E-state index >= 15 is 0 Å². The number of imide groups is 1. The van der Waals surface area contributed by atoms with E-state index in [1.54, 1.807) is 0 Å². The van der Waals surface area contributed by atoms with Crippen LogP contribution in [0.25, 0.3) is 0 Å². The minimum Gasteiger partial charge on any atom is -0.395 e. The van der Waals surface area contributed by atoms with E-state index in [-0.39, 0.29) is 31.1 Å². The fraction of sp³-hybridized carbons (Fsp3) is 0.700. The lowest BCUT2D eigenvalue weighted by molar-refractivity contribution is -0.197. The number of hydroxylamine groups is 2. The summed E-state index contributed by atoms with van der Waals surface area (Å²) in [6.07, 6.45) is 0.322. The number of hydrogen-bond acceptors (Lipinski definition) is 7. The summed E-state index contributed by atoms with van der Waals surface area (Å²) in [7, 11) is 2.91. The number of hydrogen-bond donors (Lipinski definition) is 1. The molecule has 1 unspecified atom stereocenters. The molecule has 102 valence electrons. The van der Waals surface area contributed by atoms with Crippen LogP contribution in [0.1, 0.15) is 26.2 Å². The molecule has 18 heavy (non-hydrogen) atoms. The molecule has 8 heteroatoms. The average molecular weight is 293 g/mol. The Hall–Kier alpha value is -0.730. The van der Waals surface area contributed by atoms with Gasteiger partial charge in [-0.1, -0.05) is 28.5 Å². The molecule has 1 fully saturated rings. The summed E-state index contributed by atoms with van der Waals surface area (Å²) in [6.45, 7) is 1.95. The van der Waals surface area contributed by atoms with Crippen molar-refractivity contribution in [2.75, 3.05) is 12.4 Å². The third kappa shape index (κ3) is 4.87. The van der Waals surface area contributed by atoms with E-state index in [2.05, 4.69) is 0 Å². The maximum Gasteiger partial charge on any atom is 0.334 e. The summed E-state index contributed by atoms with van der Waals surface area (Å²) in [5.74, 6) is -1.03. The topological polar surface area (TPSA) is 83.9 Å². The molecule has 1 aliphatic rings. The lowest BCUT2D eigenvalue weighted by Crippen LogP contribution is -2.32. The summed E-state index contributed by atoms with van der Waals surface area (Å²) < 4.78 is 0. The van der Waals surface area contributed by atoms with Crippen molar-refractivity contribution < 1.29 is 24.3 Å². The summed E-state index contributed by atoms with van der Waals surface area (Å²) in [6, 6.07) is 0. The Labute approximate surface area is 113 Å². The minimum atomic E-state index is -0.594. The number of aliphatic hydroxyl groups is 1. The zero-order valence-corrected chi connectivity index (χ0v) is 11.6. The van der Waals surface area contributed by atoms with Crippen LogP contribution in [0.4, 0.5) is 0 Å². The van der Waals surface area contributed by atoms with Gasteiger partial charge in [0.25, 0.3) is 11.8 Å². The zero-order valence-electron chi connectivity index (χ0n) is 9.96. The molecule has 0 radical (unpaired) electrons. The van der Waals surface area contributed by atoms with Crippen molar-refractivity contribution in [3.63, 3.8) is 0 Å². The number of aliphatic hydroxyl groups excluding tert-OH is 1. The van der Waals surface area contributed by atoms with Crippen LogP contribution in [0, 0.1) is 0 Å². The predicted molar refractivity (Wildman–Crippen MR) is 68.4 cm³/mol. The van der Waals surface area contributed by atoms with Gasteiger partial charge in [0.2, 0.25) is 0 Å². The first kappa shape index (κ1) is 15.3. The molecule has 0 bridgehead atoms. The Morgan fingerprint density at radius 3 is 2.61 bits per heavy atom. The van der Waals surface area contributed by atoms with Crippen LogP contribution in [0.3, 0.4) is 0 Å². The third-order valence-electron chi connectivity index (χ3n) is 2.08. The van der Waals surface area contributed by atoms with Crippen LogP contribution in [0.15, 0.2) is 0 Å². The van der Waals surface area contributed by atoms with Gasteiger partial charge in [0.05, 0.1) is 13.0 Å². The number of carbonyl (C=O) groups excluding carboxylic acids is 3. The highest BCUT2D eigenvalue weighted by Crippen LogP contribution is 2.26. The maximum absolute atomic E-state index is 11.4. The highest BCUT2D eigenvalue weighted by Gasteiger charge is 2.32. The van der Waals surface area contributed by atoms with Gasteiger partial charge in [-0.25, -0.2) is 4.79 Å². The number of rotatable bonds is 7. The molecule has 1 atom stereocenters. The quantitative estimate of drug-likeness (QED) is 0.421. The van der Waals surface area contributed by atoms with Crippen molar-refractivity contribution in [3.05, 3.63) is 0 Å². The number of amides is 2. The second-order valence-electron chi connectivity index (χ2n) is 3.71. The smallest absolute Gasteiger partial charge is 0.334 e. The lowest BCUT2D eigenvalue weighted by Gasteiger charge is -2.12. The fourth-order valence-electron chi connectivity index (χ4n) is 1.13. The summed E-state index contributed by atoms with van der Waals surface area (Å²) in [4.78, 5) is 38.4. The number of carbonyl (C=O) groups is 3. The Balaban J connectivity index is 2.18. The molecular weight excluding hydrogens is 278 g/mol. The van der Waals surface area contributed by atoms with Gasteiger partial charge >= 0.3 is 5.97 Å². The lowest BCUT2D eigenvalue weighted by atomic mass is 10.4. The Morgan fingerprint density at radius 2 is 2.06 bits per heavy atom. The standard InChI is InChI=1S/C10H15NO5S2/c1-7(6-12)18-17-5-4-10(15)16-11-8(13)2-3-9(11)14/h7,12H,2-6H2,1H3. The van der Waals surface area contributed by atoms with Crippen molar-refractivity contribution in [1.29, 1.82) is 0 Å². The van der Waals surface area contributed by atoms with Crippen molar-refractivity contribution in [2.45, 2.75) is 31.4 Å². The monoisotopic (exact) mass is 293 g/mol. The summed E-state index contributed by atoms with van der Waals surface area (Å²) in [5, 5.41) is 9.44. The molecule has 0 aromatic rings. The number of nitrogens with zero attached hydrogens (tertiary/aromatic N) is 1. The first-order chi connectivity index (χ1) is 8.54. The molecular formula is C10H15NO5S2. The van der Waals surface area contributed by atoms with Crippen LogP contribution in [-0.2, 0) is 19.2 Å². The molecule has 6 nitrogen and oxygen atoms in total. The fourth-order valence-corrected chi connectivity index (χ4v) is 3.18. The van der Waals surface area contributed by atoms with Crippen LogP contribution >= 0.6 is 21.6 Å². The first-order valence-corrected chi connectivity index (χ1v) is 7.88. The van der Waals surface area contributed by atoms with Gasteiger partial charge in [-0.3, -0.25) is 9.59 Å². The molecule has 1 rings (SSSR count). The average Bonchev–Trinajstić information content (AvgIpc) is 2.66. The van der Waals surface area contributed by atoms with E-state index in [1.807, 2.05) is 6.92 Å². The van der Waals surface area contributed by atoms with Crippen LogP contribution in [-0.4, -0.2) is 45.6 Å². The highest BCUT2D eigenvalue weighted by molar-refractivity contribution is 8.76. The van der Waals surface area contributed by atoms with Crippen molar-refractivity contribution in [2.24, 2.45) is 0 Å². The van der Waals surface area contributed by atoms with E-state index < -0.39 is 17.8 Å². The Morgan fingerprint density at radius 1 is 1.44 bits per heavy atom. The molecule has 1 saturated heterocycles. The molecule has 0 saturated carbocycles. The van der Waals surface area contributed by atoms with E-state index in [4.69, 9.17) is 9.94 Å². The molecule has 0 aromatic heterocycles. The zero-order chi connectivity index (χ0) is 13.5. The normalized spacial score (nSPS) is 17.1. The van der Waals surface area contributed by atoms with E-state index in [0.29, 0.717) is 10.8 Å².